The number of nitrogens with zero attached hydrogens (tertiary/aromatic N) is 2. The number of carbonyl (C=O) groups excluding carboxylic acids is 2. The molecule has 4 rings (SSSR count). The molecule has 0 aliphatic carbocycles. The van der Waals surface area contributed by atoms with Crippen LogP contribution in [0.2, 0.25) is 0 Å². The van der Waals surface area contributed by atoms with Crippen LogP contribution in [0.3, 0.4) is 0 Å². The summed E-state index contributed by atoms with van der Waals surface area (Å²) >= 11 is 0. The van der Waals surface area contributed by atoms with Crippen molar-refractivity contribution in [1.82, 2.24) is 14.9 Å². The maximum Gasteiger partial charge on any atom is 0.409 e. The first kappa shape index (κ1) is 19.8. The van der Waals surface area contributed by atoms with Gasteiger partial charge in [-0.2, -0.15) is 0 Å². The van der Waals surface area contributed by atoms with Gasteiger partial charge in [-0.3, -0.25) is 4.79 Å². The molecule has 156 valence electrons. The van der Waals surface area contributed by atoms with Crippen LogP contribution in [-0.2, 0) is 4.79 Å². The molecule has 1 atom stereocenters. The summed E-state index contributed by atoms with van der Waals surface area (Å²) in [5.74, 6) is 2.32. The Morgan fingerprint density at radius 2 is 1.97 bits per heavy atom. The van der Waals surface area contributed by atoms with Crippen molar-refractivity contribution < 1.29 is 19.1 Å². The second-order valence-electron chi connectivity index (χ2n) is 7.49. The second kappa shape index (κ2) is 8.44. The Hall–Kier alpha value is -3.55. The highest BCUT2D eigenvalue weighted by molar-refractivity contribution is 5.81. The number of H-pyrrole nitrogens is 1. The average molecular weight is 408 g/mol. The zero-order chi connectivity index (χ0) is 21.1. The Balaban J connectivity index is 1.40. The van der Waals surface area contributed by atoms with Gasteiger partial charge in [-0.1, -0.05) is 0 Å². The smallest absolute Gasteiger partial charge is 0.409 e. The lowest BCUT2D eigenvalue weighted by molar-refractivity contribution is -0.130. The molecule has 1 fully saturated rings. The molecule has 2 heterocycles. The molecule has 2 aromatic carbocycles. The molecule has 1 aliphatic heterocycles. The number of rotatable bonds is 5. The molecule has 0 spiro atoms. The number of likely N-dealkylation sites (tertiary alicyclic amines) is 1. The largest absolute Gasteiger partial charge is 0.493 e. The van der Waals surface area contributed by atoms with Crippen LogP contribution in [0, 0.1) is 5.92 Å². The molecular formula is C22H24N4O4. The Labute approximate surface area is 174 Å². The number of hydrogen-bond acceptors (Lipinski definition) is 5. The average Bonchev–Trinajstić information content (AvgIpc) is 3.16. The molecule has 8 nitrogen and oxygen atoms in total. The van der Waals surface area contributed by atoms with E-state index >= 15 is 0 Å². The summed E-state index contributed by atoms with van der Waals surface area (Å²) in [4.78, 5) is 32.2. The molecule has 8 heteroatoms. The number of carbonyl (C=O) groups is 2. The maximum absolute atomic E-state index is 11.6. The van der Waals surface area contributed by atoms with E-state index in [9.17, 15) is 9.59 Å². The van der Waals surface area contributed by atoms with Gasteiger partial charge in [0.1, 0.15) is 17.3 Å². The molecule has 1 aromatic heterocycles. The predicted octanol–water partition coefficient (Wildman–Crippen LogP) is 3.32. The summed E-state index contributed by atoms with van der Waals surface area (Å²) in [6.07, 6.45) is 1.23. The third-order valence-electron chi connectivity index (χ3n) is 5.25. The van der Waals surface area contributed by atoms with E-state index in [0.29, 0.717) is 29.6 Å². The van der Waals surface area contributed by atoms with E-state index in [-0.39, 0.29) is 5.91 Å². The van der Waals surface area contributed by atoms with Crippen LogP contribution < -0.4 is 15.2 Å². The van der Waals surface area contributed by atoms with Gasteiger partial charge in [-0.15, -0.1) is 0 Å². The van der Waals surface area contributed by atoms with Gasteiger partial charge >= 0.3 is 6.09 Å². The van der Waals surface area contributed by atoms with Crippen molar-refractivity contribution in [2.24, 2.45) is 11.7 Å². The van der Waals surface area contributed by atoms with Crippen molar-refractivity contribution in [3.8, 4) is 22.9 Å². The van der Waals surface area contributed by atoms with E-state index in [2.05, 4.69) is 9.97 Å². The lowest BCUT2D eigenvalue weighted by atomic mass is 9.99. The highest BCUT2D eigenvalue weighted by Gasteiger charge is 2.22. The van der Waals surface area contributed by atoms with Crippen molar-refractivity contribution >= 4 is 23.0 Å². The second-order valence-corrected chi connectivity index (χ2v) is 7.49. The molecule has 30 heavy (non-hydrogen) atoms. The fraction of sp³-hybridized carbons (Fsp3) is 0.318. The number of imidazole rings is 1. The number of nitrogens with two attached hydrogens (primary N) is 1. The normalized spacial score (nSPS) is 16.4. The topological polar surface area (TPSA) is 111 Å². The van der Waals surface area contributed by atoms with E-state index in [1.807, 2.05) is 29.2 Å². The van der Waals surface area contributed by atoms with Crippen molar-refractivity contribution in [3.63, 3.8) is 0 Å². The lowest BCUT2D eigenvalue weighted by Crippen LogP contribution is -2.40. The van der Waals surface area contributed by atoms with Crippen molar-refractivity contribution in [2.45, 2.75) is 19.8 Å². The van der Waals surface area contributed by atoms with Gasteiger partial charge in [0.2, 0.25) is 5.91 Å². The van der Waals surface area contributed by atoms with Crippen molar-refractivity contribution in [3.05, 3.63) is 42.5 Å². The van der Waals surface area contributed by atoms with Crippen LogP contribution in [-0.4, -0.2) is 46.6 Å². The van der Waals surface area contributed by atoms with Crippen molar-refractivity contribution in [1.29, 1.82) is 0 Å². The molecule has 2 amide bonds. The number of piperidine rings is 1. The van der Waals surface area contributed by atoms with Gasteiger partial charge in [0.05, 0.1) is 17.6 Å². The van der Waals surface area contributed by atoms with Gasteiger partial charge < -0.3 is 25.1 Å². The van der Waals surface area contributed by atoms with Crippen LogP contribution in [0.25, 0.3) is 22.4 Å². The molecule has 1 saturated heterocycles. The zero-order valence-electron chi connectivity index (χ0n) is 16.8. The molecule has 0 radical (unpaired) electrons. The van der Waals surface area contributed by atoms with Gasteiger partial charge in [-0.25, -0.2) is 9.78 Å². The summed E-state index contributed by atoms with van der Waals surface area (Å²) < 4.78 is 10.8. The minimum atomic E-state index is -0.858. The maximum atomic E-state index is 11.6. The highest BCUT2D eigenvalue weighted by Crippen LogP contribution is 2.26. The summed E-state index contributed by atoms with van der Waals surface area (Å²) in [7, 11) is 0. The van der Waals surface area contributed by atoms with E-state index in [4.69, 9.17) is 15.2 Å². The molecule has 3 aromatic rings. The number of aromatic nitrogens is 2. The minimum absolute atomic E-state index is 0.128. The fourth-order valence-electron chi connectivity index (χ4n) is 3.71. The third kappa shape index (κ3) is 4.53. The van der Waals surface area contributed by atoms with Crippen molar-refractivity contribution in [2.75, 3.05) is 19.7 Å². The number of amides is 2. The summed E-state index contributed by atoms with van der Waals surface area (Å²) in [5.41, 5.74) is 7.47. The van der Waals surface area contributed by atoms with E-state index in [0.717, 1.165) is 42.8 Å². The molecule has 1 aliphatic rings. The fourth-order valence-corrected chi connectivity index (χ4v) is 3.71. The lowest BCUT2D eigenvalue weighted by Gasteiger charge is -2.31. The van der Waals surface area contributed by atoms with Crippen LogP contribution in [0.5, 0.6) is 11.5 Å². The minimum Gasteiger partial charge on any atom is -0.493 e. The first-order chi connectivity index (χ1) is 14.5. The van der Waals surface area contributed by atoms with Crippen LogP contribution in [0.15, 0.2) is 42.5 Å². The monoisotopic (exact) mass is 408 g/mol. The zero-order valence-corrected chi connectivity index (χ0v) is 16.8. The van der Waals surface area contributed by atoms with E-state index < -0.39 is 6.09 Å². The van der Waals surface area contributed by atoms with Gasteiger partial charge in [-0.05, 0) is 49.2 Å². The third-order valence-corrected chi connectivity index (χ3v) is 5.25. The summed E-state index contributed by atoms with van der Waals surface area (Å²) in [6.45, 7) is 3.81. The SMILES string of the molecule is CC(=O)N1CCCC(COc2ccc(-c3nc4cc(OC(N)=O)ccc4[nH]3)cc2)C1. The first-order valence-electron chi connectivity index (χ1n) is 9.94. The molecule has 3 N–H and O–H groups in total. The highest BCUT2D eigenvalue weighted by atomic mass is 16.5. The number of ether oxygens (including phenoxy) is 2. The Kier molecular flexibility index (Phi) is 5.56. The number of benzene rings is 2. The van der Waals surface area contributed by atoms with E-state index in [1.165, 1.54) is 0 Å². The number of hydrogen-bond donors (Lipinski definition) is 2. The van der Waals surface area contributed by atoms with Gasteiger partial charge in [0.25, 0.3) is 0 Å². The number of fused-ring (bicyclic) bond motifs is 1. The number of aromatic amines is 1. The van der Waals surface area contributed by atoms with Crippen LogP contribution >= 0.6 is 0 Å². The summed E-state index contributed by atoms with van der Waals surface area (Å²) in [5, 5.41) is 0. The van der Waals surface area contributed by atoms with E-state index in [1.54, 1.807) is 25.1 Å². The molecule has 0 bridgehead atoms. The van der Waals surface area contributed by atoms with Crippen LogP contribution in [0.1, 0.15) is 19.8 Å². The van der Waals surface area contributed by atoms with Gasteiger partial charge in [0, 0.05) is 37.6 Å². The Bertz CT molecular complexity index is 1060. The van der Waals surface area contributed by atoms with Crippen LogP contribution in [0.4, 0.5) is 4.79 Å². The summed E-state index contributed by atoms with van der Waals surface area (Å²) in [6, 6.07) is 12.8. The standard InChI is InChI=1S/C22H24N4O4/c1-14(27)26-10-2-3-15(12-26)13-29-17-6-4-16(5-7-17)21-24-19-9-8-18(30-22(23)28)11-20(19)25-21/h4-9,11,15H,2-3,10,12-13H2,1H3,(H2,23,28)(H,24,25). The quantitative estimate of drug-likeness (QED) is 0.673. The molecule has 0 saturated carbocycles. The number of primary amides is 1. The Morgan fingerprint density at radius 3 is 2.70 bits per heavy atom. The Morgan fingerprint density at radius 1 is 1.20 bits per heavy atom. The predicted molar refractivity (Wildman–Crippen MR) is 112 cm³/mol. The molecular weight excluding hydrogens is 384 g/mol. The van der Waals surface area contributed by atoms with Gasteiger partial charge in [0.15, 0.2) is 0 Å². The first-order valence-corrected chi connectivity index (χ1v) is 9.94. The molecule has 1 unspecified atom stereocenters. The number of nitrogens with one attached hydrogen (secondary N) is 1.